The van der Waals surface area contributed by atoms with Crippen molar-refractivity contribution in [3.05, 3.63) is 17.2 Å². The first-order valence-electron chi connectivity index (χ1n) is 7.37. The van der Waals surface area contributed by atoms with Crippen molar-refractivity contribution < 1.29 is 8.42 Å². The van der Waals surface area contributed by atoms with Crippen LogP contribution in [0.1, 0.15) is 50.8 Å². The van der Waals surface area contributed by atoms with Gasteiger partial charge in [0.05, 0.1) is 11.9 Å². The summed E-state index contributed by atoms with van der Waals surface area (Å²) in [4.78, 5) is 4.75. The lowest BCUT2D eigenvalue weighted by Gasteiger charge is -2.28. The fraction of sp³-hybridized carbons (Fsp3) is 0.786. The van der Waals surface area contributed by atoms with Crippen LogP contribution >= 0.6 is 0 Å². The summed E-state index contributed by atoms with van der Waals surface area (Å²) in [5.41, 5.74) is 1.79. The van der Waals surface area contributed by atoms with E-state index in [1.54, 1.807) is 0 Å². The van der Waals surface area contributed by atoms with Gasteiger partial charge in [0.1, 0.15) is 5.82 Å². The van der Waals surface area contributed by atoms with Crippen molar-refractivity contribution in [1.29, 1.82) is 0 Å². The number of rotatable bonds is 5. The van der Waals surface area contributed by atoms with Gasteiger partial charge < -0.3 is 9.88 Å². The lowest BCUT2D eigenvalue weighted by Crippen LogP contribution is -2.46. The summed E-state index contributed by atoms with van der Waals surface area (Å²) in [7, 11) is -3.24. The predicted octanol–water partition coefficient (Wildman–Crippen LogP) is 0.980. The van der Waals surface area contributed by atoms with Crippen LogP contribution in [0.5, 0.6) is 0 Å². The highest BCUT2D eigenvalue weighted by Gasteiger charge is 2.28. The van der Waals surface area contributed by atoms with E-state index in [4.69, 9.17) is 4.98 Å². The van der Waals surface area contributed by atoms with Gasteiger partial charge in [0.2, 0.25) is 10.0 Å². The molecule has 1 aliphatic heterocycles. The smallest absolute Gasteiger partial charge is 0.209 e. The summed E-state index contributed by atoms with van der Waals surface area (Å²) < 4.78 is 28.0. The highest BCUT2D eigenvalue weighted by Crippen LogP contribution is 2.24. The SMILES string of the molecule is CC(C)c1nc2c(n1CC(C)(C)NS(C)(=O)=O)CCNC2. The molecule has 0 saturated carbocycles. The van der Waals surface area contributed by atoms with Crippen LogP contribution in [-0.4, -0.2) is 36.3 Å². The van der Waals surface area contributed by atoms with Gasteiger partial charge in [-0.3, -0.25) is 0 Å². The van der Waals surface area contributed by atoms with Gasteiger partial charge in [0, 0.05) is 43.2 Å². The van der Waals surface area contributed by atoms with Gasteiger partial charge in [-0.2, -0.15) is 0 Å². The van der Waals surface area contributed by atoms with Gasteiger partial charge in [-0.05, 0) is 13.8 Å². The first-order chi connectivity index (χ1) is 9.59. The largest absolute Gasteiger partial charge is 0.330 e. The first-order valence-corrected chi connectivity index (χ1v) is 9.26. The Labute approximate surface area is 127 Å². The number of hydrogen-bond donors (Lipinski definition) is 2. The normalized spacial score (nSPS) is 16.3. The van der Waals surface area contributed by atoms with E-state index in [1.807, 2.05) is 13.8 Å². The molecule has 21 heavy (non-hydrogen) atoms. The Morgan fingerprint density at radius 3 is 2.67 bits per heavy atom. The molecule has 2 rings (SSSR count). The van der Waals surface area contributed by atoms with Crippen molar-refractivity contribution in [3.8, 4) is 0 Å². The molecular weight excluding hydrogens is 288 g/mol. The third kappa shape index (κ3) is 4.05. The number of imidazole rings is 1. The molecule has 0 bridgehead atoms. The van der Waals surface area contributed by atoms with Crippen LogP contribution in [0.2, 0.25) is 0 Å². The zero-order chi connectivity index (χ0) is 15.8. The van der Waals surface area contributed by atoms with Gasteiger partial charge in [-0.25, -0.2) is 18.1 Å². The number of aromatic nitrogens is 2. The zero-order valence-electron chi connectivity index (χ0n) is 13.5. The molecule has 2 N–H and O–H groups in total. The number of sulfonamides is 1. The van der Waals surface area contributed by atoms with E-state index in [9.17, 15) is 8.42 Å². The molecule has 1 aliphatic rings. The van der Waals surface area contributed by atoms with Crippen molar-refractivity contribution in [1.82, 2.24) is 19.6 Å². The molecular formula is C14H26N4O2S. The lowest BCUT2D eigenvalue weighted by molar-refractivity contribution is 0.374. The Morgan fingerprint density at radius 1 is 1.43 bits per heavy atom. The van der Waals surface area contributed by atoms with Crippen LogP contribution in [-0.2, 0) is 29.5 Å². The molecule has 0 amide bonds. The van der Waals surface area contributed by atoms with E-state index in [-0.39, 0.29) is 0 Å². The average Bonchev–Trinajstić information content (AvgIpc) is 2.65. The summed E-state index contributed by atoms with van der Waals surface area (Å²) >= 11 is 0. The third-order valence-electron chi connectivity index (χ3n) is 3.55. The van der Waals surface area contributed by atoms with Crippen LogP contribution in [0.3, 0.4) is 0 Å². The summed E-state index contributed by atoms with van der Waals surface area (Å²) in [6.07, 6.45) is 2.13. The summed E-state index contributed by atoms with van der Waals surface area (Å²) in [5, 5.41) is 3.33. The molecule has 0 atom stereocenters. The average molecular weight is 314 g/mol. The topological polar surface area (TPSA) is 76.0 Å². The number of fused-ring (bicyclic) bond motifs is 1. The highest BCUT2D eigenvalue weighted by atomic mass is 32.2. The van der Waals surface area contributed by atoms with E-state index in [2.05, 4.69) is 28.5 Å². The second kappa shape index (κ2) is 5.70. The van der Waals surface area contributed by atoms with Crippen LogP contribution in [0.15, 0.2) is 0 Å². The molecule has 0 spiro atoms. The Morgan fingerprint density at radius 2 is 2.10 bits per heavy atom. The second-order valence-electron chi connectivity index (χ2n) is 6.79. The summed E-state index contributed by atoms with van der Waals surface area (Å²) in [5.74, 6) is 1.34. The molecule has 0 aliphatic carbocycles. The standard InChI is InChI=1S/C14H26N4O2S/c1-10(2)13-16-11-8-15-7-6-12(11)18(13)9-14(3,4)17-21(5,19)20/h10,15,17H,6-9H2,1-5H3. The fourth-order valence-electron chi connectivity index (χ4n) is 2.94. The maximum absolute atomic E-state index is 11.5. The number of nitrogens with zero attached hydrogens (tertiary/aromatic N) is 2. The van der Waals surface area contributed by atoms with Crippen LogP contribution in [0.25, 0.3) is 0 Å². The van der Waals surface area contributed by atoms with Gasteiger partial charge in [-0.15, -0.1) is 0 Å². The molecule has 7 heteroatoms. The fourth-order valence-corrected chi connectivity index (χ4v) is 4.01. The molecule has 0 radical (unpaired) electrons. The maximum atomic E-state index is 11.5. The quantitative estimate of drug-likeness (QED) is 0.849. The Kier molecular flexibility index (Phi) is 4.46. The lowest BCUT2D eigenvalue weighted by atomic mass is 10.1. The molecule has 1 aromatic rings. The third-order valence-corrected chi connectivity index (χ3v) is 4.47. The van der Waals surface area contributed by atoms with Crippen molar-refractivity contribution in [3.63, 3.8) is 0 Å². The van der Waals surface area contributed by atoms with E-state index in [0.717, 1.165) is 31.0 Å². The number of hydrogen-bond acceptors (Lipinski definition) is 4. The molecule has 120 valence electrons. The number of nitrogens with one attached hydrogen (secondary N) is 2. The maximum Gasteiger partial charge on any atom is 0.209 e. The van der Waals surface area contributed by atoms with E-state index in [0.29, 0.717) is 12.5 Å². The van der Waals surface area contributed by atoms with Crippen LogP contribution in [0.4, 0.5) is 0 Å². The minimum absolute atomic E-state index is 0.310. The molecule has 0 unspecified atom stereocenters. The Balaban J connectivity index is 2.36. The molecule has 0 saturated heterocycles. The predicted molar refractivity (Wildman–Crippen MR) is 83.8 cm³/mol. The zero-order valence-corrected chi connectivity index (χ0v) is 14.3. The van der Waals surface area contributed by atoms with Crippen LogP contribution in [0, 0.1) is 0 Å². The van der Waals surface area contributed by atoms with E-state index < -0.39 is 15.6 Å². The monoisotopic (exact) mass is 314 g/mol. The molecule has 2 heterocycles. The van der Waals surface area contributed by atoms with E-state index >= 15 is 0 Å². The first kappa shape index (κ1) is 16.5. The molecule has 0 aromatic carbocycles. The van der Waals surface area contributed by atoms with Crippen LogP contribution < -0.4 is 10.0 Å². The van der Waals surface area contributed by atoms with Crippen molar-refractivity contribution in [2.24, 2.45) is 0 Å². The minimum Gasteiger partial charge on any atom is -0.330 e. The van der Waals surface area contributed by atoms with Gasteiger partial charge in [0.25, 0.3) is 0 Å². The van der Waals surface area contributed by atoms with Crippen molar-refractivity contribution >= 4 is 10.0 Å². The summed E-state index contributed by atoms with van der Waals surface area (Å²) in [6, 6.07) is 0. The molecule has 0 fully saturated rings. The van der Waals surface area contributed by atoms with Gasteiger partial charge in [0.15, 0.2) is 0 Å². The molecule has 1 aromatic heterocycles. The van der Waals surface area contributed by atoms with Crippen molar-refractivity contribution in [2.45, 2.75) is 58.7 Å². The molecule has 6 nitrogen and oxygen atoms in total. The van der Waals surface area contributed by atoms with Gasteiger partial charge >= 0.3 is 0 Å². The summed E-state index contributed by atoms with van der Waals surface area (Å²) in [6.45, 7) is 10.4. The minimum atomic E-state index is -3.24. The highest BCUT2D eigenvalue weighted by molar-refractivity contribution is 7.88. The van der Waals surface area contributed by atoms with E-state index in [1.165, 1.54) is 11.9 Å². The second-order valence-corrected chi connectivity index (χ2v) is 8.54. The Hall–Kier alpha value is -0.920. The van der Waals surface area contributed by atoms with Gasteiger partial charge in [-0.1, -0.05) is 13.8 Å². The Bertz CT molecular complexity index is 617. The van der Waals surface area contributed by atoms with Crippen molar-refractivity contribution in [2.75, 3.05) is 12.8 Å².